The van der Waals surface area contributed by atoms with Crippen LogP contribution in [0.4, 0.5) is 5.13 Å². The summed E-state index contributed by atoms with van der Waals surface area (Å²) in [6.07, 6.45) is 1.98. The molecule has 13 heteroatoms. The van der Waals surface area contributed by atoms with Gasteiger partial charge in [-0.1, -0.05) is 28.6 Å². The third kappa shape index (κ3) is 6.54. The van der Waals surface area contributed by atoms with Crippen molar-refractivity contribution in [2.24, 2.45) is 5.16 Å². The number of thiazole rings is 1. The van der Waals surface area contributed by atoms with Gasteiger partial charge in [0.05, 0.1) is 36.2 Å². The average molecular weight is 485 g/mol. The lowest BCUT2D eigenvalue weighted by molar-refractivity contribution is -0.110. The number of aliphatic hydroxyl groups excluding tert-OH is 1. The zero-order chi connectivity index (χ0) is 23.0. The summed E-state index contributed by atoms with van der Waals surface area (Å²) in [4.78, 5) is 23.4. The van der Waals surface area contributed by atoms with Crippen LogP contribution in [0.3, 0.4) is 0 Å². The Morgan fingerprint density at radius 2 is 2.16 bits per heavy atom. The van der Waals surface area contributed by atoms with Crippen LogP contribution in [0.1, 0.15) is 16.9 Å². The summed E-state index contributed by atoms with van der Waals surface area (Å²) in [6.45, 7) is 0.879. The molecular formula is C19H24N4O7S2. The Bertz CT molecular complexity index is 1030. The molecule has 0 aliphatic carbocycles. The minimum absolute atomic E-state index is 0.0105. The molecular weight excluding hydrogens is 460 g/mol. The van der Waals surface area contributed by atoms with E-state index in [1.54, 1.807) is 13.3 Å². The van der Waals surface area contributed by atoms with Crippen molar-refractivity contribution in [3.63, 3.8) is 0 Å². The summed E-state index contributed by atoms with van der Waals surface area (Å²) in [6, 6.07) is 5.60. The van der Waals surface area contributed by atoms with Gasteiger partial charge in [0.2, 0.25) is 10.0 Å². The van der Waals surface area contributed by atoms with Crippen molar-refractivity contribution in [2.45, 2.75) is 24.0 Å². The molecule has 32 heavy (non-hydrogen) atoms. The highest BCUT2D eigenvalue weighted by atomic mass is 32.2. The average Bonchev–Trinajstić information content (AvgIpc) is 3.45. The largest absolute Gasteiger partial charge is 0.395 e. The monoisotopic (exact) mass is 484 g/mol. The smallest absolute Gasteiger partial charge is 0.280 e. The first kappa shape index (κ1) is 24.2. The molecule has 1 atom stereocenters. The predicted molar refractivity (Wildman–Crippen MR) is 117 cm³/mol. The van der Waals surface area contributed by atoms with Crippen LogP contribution in [-0.4, -0.2) is 69.7 Å². The first-order valence-corrected chi connectivity index (χ1v) is 12.0. The number of aromatic nitrogens is 1. The Kier molecular flexibility index (Phi) is 8.67. The van der Waals surface area contributed by atoms with E-state index in [1.165, 1.54) is 35.6 Å². The fourth-order valence-electron chi connectivity index (χ4n) is 2.73. The molecule has 1 aliphatic rings. The van der Waals surface area contributed by atoms with Gasteiger partial charge in [-0.3, -0.25) is 10.1 Å². The maximum atomic E-state index is 12.9. The second-order valence-corrected chi connectivity index (χ2v) is 9.58. The zero-order valence-corrected chi connectivity index (χ0v) is 18.9. The first-order chi connectivity index (χ1) is 15.4. The highest BCUT2D eigenvalue weighted by Crippen LogP contribution is 2.20. The van der Waals surface area contributed by atoms with Gasteiger partial charge in [0.1, 0.15) is 0 Å². The number of hydrogen-bond donors (Lipinski definition) is 3. The van der Waals surface area contributed by atoms with E-state index in [4.69, 9.17) is 19.4 Å². The molecule has 1 aliphatic heterocycles. The van der Waals surface area contributed by atoms with Crippen molar-refractivity contribution < 1.29 is 32.6 Å². The Labute approximate surface area is 189 Å². The number of nitrogens with one attached hydrogen (secondary N) is 2. The summed E-state index contributed by atoms with van der Waals surface area (Å²) in [5.74, 6) is -0.559. The molecule has 0 saturated carbocycles. The maximum Gasteiger partial charge on any atom is 0.280 e. The summed E-state index contributed by atoms with van der Waals surface area (Å²) in [5.41, 5.74) is 0.323. The number of benzene rings is 1. The predicted octanol–water partition coefficient (Wildman–Crippen LogP) is 0.708. The lowest BCUT2D eigenvalue weighted by atomic mass is 10.1. The summed E-state index contributed by atoms with van der Waals surface area (Å²) in [5, 5.41) is 15.9. The summed E-state index contributed by atoms with van der Waals surface area (Å²) < 4.78 is 37.0. The molecule has 0 unspecified atom stereocenters. The molecule has 1 saturated heterocycles. The van der Waals surface area contributed by atoms with Gasteiger partial charge < -0.3 is 19.4 Å². The van der Waals surface area contributed by atoms with Crippen molar-refractivity contribution >= 4 is 38.1 Å². The third-order valence-corrected chi connectivity index (χ3v) is 6.66. The topological polar surface area (TPSA) is 148 Å². The number of ether oxygens (including phenoxy) is 2. The third-order valence-electron chi connectivity index (χ3n) is 4.30. The molecule has 1 aromatic carbocycles. The van der Waals surface area contributed by atoms with E-state index in [-0.39, 0.29) is 29.9 Å². The van der Waals surface area contributed by atoms with Crippen molar-refractivity contribution in [3.8, 4) is 0 Å². The minimum Gasteiger partial charge on any atom is -0.395 e. The number of amides is 1. The zero-order valence-electron chi connectivity index (χ0n) is 17.3. The number of carbonyl (C=O) groups excluding carboxylic acids is 1. The Morgan fingerprint density at radius 1 is 1.38 bits per heavy atom. The van der Waals surface area contributed by atoms with E-state index >= 15 is 0 Å². The number of rotatable bonds is 11. The van der Waals surface area contributed by atoms with Gasteiger partial charge in [-0.25, -0.2) is 18.1 Å². The number of oxime groups is 1. The highest BCUT2D eigenvalue weighted by Gasteiger charge is 2.22. The van der Waals surface area contributed by atoms with Gasteiger partial charge >= 0.3 is 0 Å². The van der Waals surface area contributed by atoms with Crippen LogP contribution < -0.4 is 10.0 Å². The van der Waals surface area contributed by atoms with Crippen LogP contribution in [0.15, 0.2) is 40.5 Å². The molecule has 1 amide bonds. The molecule has 11 nitrogen and oxygen atoms in total. The minimum atomic E-state index is -3.78. The molecule has 2 aromatic rings. The van der Waals surface area contributed by atoms with E-state index in [9.17, 15) is 13.2 Å². The first-order valence-electron chi connectivity index (χ1n) is 9.70. The number of methoxy groups -OCH3 is 1. The van der Waals surface area contributed by atoms with E-state index in [0.29, 0.717) is 36.9 Å². The molecule has 1 aromatic heterocycles. The molecule has 0 spiro atoms. The van der Waals surface area contributed by atoms with Crippen molar-refractivity contribution in [3.05, 3.63) is 40.9 Å². The van der Waals surface area contributed by atoms with E-state index in [2.05, 4.69) is 20.2 Å². The van der Waals surface area contributed by atoms with Crippen LogP contribution in [0.5, 0.6) is 0 Å². The second kappa shape index (κ2) is 11.4. The van der Waals surface area contributed by atoms with E-state index in [1.807, 2.05) is 0 Å². The number of nitrogens with zero attached hydrogens (tertiary/aromatic N) is 2. The molecule has 0 bridgehead atoms. The fourth-order valence-corrected chi connectivity index (χ4v) is 4.54. The van der Waals surface area contributed by atoms with Gasteiger partial charge in [-0.15, -0.1) is 0 Å². The highest BCUT2D eigenvalue weighted by molar-refractivity contribution is 7.89. The van der Waals surface area contributed by atoms with Gasteiger partial charge in [0, 0.05) is 31.8 Å². The normalized spacial score (nSPS) is 16.8. The summed E-state index contributed by atoms with van der Waals surface area (Å²) in [7, 11) is -2.21. The quantitative estimate of drug-likeness (QED) is 0.312. The Hall–Kier alpha value is -2.42. The lowest BCUT2D eigenvalue weighted by Gasteiger charge is -2.10. The Balaban J connectivity index is 1.81. The molecule has 174 valence electrons. The second-order valence-electron chi connectivity index (χ2n) is 6.70. The molecule has 3 N–H and O–H groups in total. The van der Waals surface area contributed by atoms with Gasteiger partial charge in [0.25, 0.3) is 5.91 Å². The standard InChI is InChI=1S/C19H24N4O7S2/c1-28-12-15-10-20-19(31-15)22-18(25)17(23-30-14-6-9-29-11-14)13-2-4-16(5-3-13)32(26,27)21-7-8-24/h2-5,10,14,21,24H,6-9,11-12H2,1H3,(H,20,22,25)/t14-/m1/s1. The number of aliphatic hydroxyl groups is 1. The van der Waals surface area contributed by atoms with Crippen LogP contribution >= 0.6 is 11.3 Å². The van der Waals surface area contributed by atoms with Crippen molar-refractivity contribution in [1.82, 2.24) is 9.71 Å². The Morgan fingerprint density at radius 3 is 2.81 bits per heavy atom. The molecule has 3 rings (SSSR count). The van der Waals surface area contributed by atoms with Gasteiger partial charge in [-0.2, -0.15) is 0 Å². The number of hydrogen-bond acceptors (Lipinski definition) is 10. The van der Waals surface area contributed by atoms with Crippen LogP contribution in [-0.2, 0) is 35.7 Å². The summed E-state index contributed by atoms with van der Waals surface area (Å²) >= 11 is 1.26. The van der Waals surface area contributed by atoms with Gasteiger partial charge in [0.15, 0.2) is 16.9 Å². The number of sulfonamides is 1. The number of carbonyl (C=O) groups is 1. The molecule has 2 heterocycles. The van der Waals surface area contributed by atoms with Crippen LogP contribution in [0, 0.1) is 0 Å². The fraction of sp³-hybridized carbons (Fsp3) is 0.421. The van der Waals surface area contributed by atoms with Crippen molar-refractivity contribution in [1.29, 1.82) is 0 Å². The van der Waals surface area contributed by atoms with E-state index < -0.39 is 15.9 Å². The van der Waals surface area contributed by atoms with Crippen molar-refractivity contribution in [2.75, 3.05) is 38.8 Å². The van der Waals surface area contributed by atoms with Crippen LogP contribution in [0.2, 0.25) is 0 Å². The number of anilines is 1. The van der Waals surface area contributed by atoms with Gasteiger partial charge in [-0.05, 0) is 12.1 Å². The molecule has 0 radical (unpaired) electrons. The van der Waals surface area contributed by atoms with E-state index in [0.717, 1.165) is 4.88 Å². The maximum absolute atomic E-state index is 12.9. The lowest BCUT2D eigenvalue weighted by Crippen LogP contribution is -2.27. The SMILES string of the molecule is COCc1cnc(NC(=O)C(=NO[C@@H]2CCOC2)c2ccc(S(=O)(=O)NCCO)cc2)s1. The van der Waals surface area contributed by atoms with Crippen LogP contribution in [0.25, 0.3) is 0 Å². The molecule has 1 fully saturated rings.